The number of aryl methyl sites for hydroxylation is 1. The Bertz CT molecular complexity index is 1320. The minimum Gasteiger partial charge on any atom is -0.494 e. The molecular weight excluding hydrogens is 552 g/mol. The molecule has 0 saturated carbocycles. The predicted octanol–water partition coefficient (Wildman–Crippen LogP) is 6.74. The second-order valence-electron chi connectivity index (χ2n) is 8.48. The highest BCUT2D eigenvalue weighted by molar-refractivity contribution is 9.10. The standard InChI is InChI=1S/C29H29BrN2O4S/c1-5-34-23-13-11-22(12-14-23)32-28(33)25(31(4)29(32)37)16-21-15-24(30)27(26(17-21)35-6-2)36-18-20-9-7-19(3)8-10-20/h7-17H,5-6,18H2,1-4H3/b25-16-. The number of carbonyl (C=O) groups is 1. The van der Waals surface area contributed by atoms with Gasteiger partial charge in [-0.3, -0.25) is 9.69 Å². The number of carbonyl (C=O) groups excluding carboxylic acids is 1. The Balaban J connectivity index is 1.60. The van der Waals surface area contributed by atoms with Gasteiger partial charge in [-0.2, -0.15) is 0 Å². The number of nitrogens with zero attached hydrogens (tertiary/aromatic N) is 2. The van der Waals surface area contributed by atoms with Gasteiger partial charge in [0.25, 0.3) is 5.91 Å². The van der Waals surface area contributed by atoms with Gasteiger partial charge in [0.2, 0.25) is 0 Å². The second kappa shape index (κ2) is 11.8. The number of amides is 1. The number of ether oxygens (including phenoxy) is 3. The van der Waals surface area contributed by atoms with Crippen LogP contribution in [0.3, 0.4) is 0 Å². The van der Waals surface area contributed by atoms with E-state index in [0.29, 0.717) is 47.8 Å². The Morgan fingerprint density at radius 3 is 2.27 bits per heavy atom. The van der Waals surface area contributed by atoms with E-state index in [0.717, 1.165) is 21.3 Å². The Morgan fingerprint density at radius 2 is 1.62 bits per heavy atom. The summed E-state index contributed by atoms with van der Waals surface area (Å²) in [6.07, 6.45) is 1.81. The van der Waals surface area contributed by atoms with Crippen molar-refractivity contribution in [3.8, 4) is 17.2 Å². The van der Waals surface area contributed by atoms with Gasteiger partial charge in [0, 0.05) is 7.05 Å². The lowest BCUT2D eigenvalue weighted by Crippen LogP contribution is -2.31. The highest BCUT2D eigenvalue weighted by Crippen LogP contribution is 2.39. The van der Waals surface area contributed by atoms with E-state index in [1.807, 2.05) is 62.4 Å². The van der Waals surface area contributed by atoms with Crippen molar-refractivity contribution < 1.29 is 19.0 Å². The molecule has 0 radical (unpaired) electrons. The van der Waals surface area contributed by atoms with Crippen LogP contribution in [0.4, 0.5) is 5.69 Å². The van der Waals surface area contributed by atoms with Crippen molar-refractivity contribution in [1.82, 2.24) is 4.90 Å². The van der Waals surface area contributed by atoms with Gasteiger partial charge in [0.15, 0.2) is 16.6 Å². The quantitative estimate of drug-likeness (QED) is 0.206. The molecule has 1 aliphatic heterocycles. The second-order valence-corrected chi connectivity index (χ2v) is 9.70. The third-order valence-electron chi connectivity index (χ3n) is 5.81. The van der Waals surface area contributed by atoms with Gasteiger partial charge in [0.1, 0.15) is 18.1 Å². The molecule has 1 fully saturated rings. The summed E-state index contributed by atoms with van der Waals surface area (Å²) in [7, 11) is 1.79. The maximum absolute atomic E-state index is 13.4. The van der Waals surface area contributed by atoms with E-state index >= 15 is 0 Å². The number of anilines is 1. The first kappa shape index (κ1) is 26.7. The first-order valence-corrected chi connectivity index (χ1v) is 13.2. The Labute approximate surface area is 231 Å². The van der Waals surface area contributed by atoms with Crippen molar-refractivity contribution in [3.63, 3.8) is 0 Å². The maximum atomic E-state index is 13.4. The molecule has 8 heteroatoms. The highest BCUT2D eigenvalue weighted by atomic mass is 79.9. The summed E-state index contributed by atoms with van der Waals surface area (Å²) >= 11 is 9.24. The highest BCUT2D eigenvalue weighted by Gasteiger charge is 2.36. The molecule has 6 nitrogen and oxygen atoms in total. The molecule has 4 rings (SSSR count). The van der Waals surface area contributed by atoms with Crippen LogP contribution in [0, 0.1) is 6.92 Å². The molecule has 0 bridgehead atoms. The number of rotatable bonds is 9. The molecule has 1 heterocycles. The topological polar surface area (TPSA) is 51.2 Å². The van der Waals surface area contributed by atoms with E-state index in [4.69, 9.17) is 26.4 Å². The number of hydrogen-bond donors (Lipinski definition) is 0. The molecule has 3 aromatic rings. The molecule has 1 saturated heterocycles. The lowest BCUT2D eigenvalue weighted by atomic mass is 10.1. The first-order chi connectivity index (χ1) is 17.8. The summed E-state index contributed by atoms with van der Waals surface area (Å²) in [5.74, 6) is 1.74. The summed E-state index contributed by atoms with van der Waals surface area (Å²) in [6.45, 7) is 7.36. The molecule has 0 aliphatic carbocycles. The van der Waals surface area contributed by atoms with Gasteiger partial charge < -0.3 is 19.1 Å². The van der Waals surface area contributed by atoms with Gasteiger partial charge in [-0.1, -0.05) is 29.8 Å². The molecule has 0 spiro atoms. The van der Waals surface area contributed by atoms with Crippen LogP contribution in [0.1, 0.15) is 30.5 Å². The van der Waals surface area contributed by atoms with Crippen molar-refractivity contribution in [2.45, 2.75) is 27.4 Å². The number of likely N-dealkylation sites (N-methyl/N-ethyl adjacent to an activating group) is 1. The first-order valence-electron chi connectivity index (χ1n) is 12.0. The van der Waals surface area contributed by atoms with Crippen LogP contribution in [0.5, 0.6) is 17.2 Å². The number of hydrogen-bond acceptors (Lipinski definition) is 5. The van der Waals surface area contributed by atoms with E-state index < -0.39 is 0 Å². The molecule has 0 atom stereocenters. The summed E-state index contributed by atoms with van der Waals surface area (Å²) < 4.78 is 18.3. The van der Waals surface area contributed by atoms with Crippen LogP contribution < -0.4 is 19.1 Å². The summed E-state index contributed by atoms with van der Waals surface area (Å²) in [4.78, 5) is 16.7. The predicted molar refractivity (Wildman–Crippen MR) is 154 cm³/mol. The molecule has 0 unspecified atom stereocenters. The van der Waals surface area contributed by atoms with Crippen LogP contribution >= 0.6 is 28.1 Å². The van der Waals surface area contributed by atoms with E-state index in [-0.39, 0.29) is 5.91 Å². The van der Waals surface area contributed by atoms with Crippen LogP contribution in [-0.2, 0) is 11.4 Å². The zero-order valence-electron chi connectivity index (χ0n) is 21.3. The number of thiocarbonyl (C=S) groups is 1. The lowest BCUT2D eigenvalue weighted by molar-refractivity contribution is -0.114. The fourth-order valence-electron chi connectivity index (χ4n) is 3.91. The summed E-state index contributed by atoms with van der Waals surface area (Å²) in [5, 5.41) is 0.405. The number of halogens is 1. The zero-order valence-corrected chi connectivity index (χ0v) is 23.7. The van der Waals surface area contributed by atoms with Gasteiger partial charge in [-0.05, 0) is 103 Å². The zero-order chi connectivity index (χ0) is 26.5. The molecule has 0 N–H and O–H groups in total. The van der Waals surface area contributed by atoms with Crippen LogP contribution in [-0.4, -0.2) is 36.2 Å². The minimum absolute atomic E-state index is 0.203. The normalized spacial score (nSPS) is 14.5. The molecule has 192 valence electrons. The van der Waals surface area contributed by atoms with Gasteiger partial charge in [-0.15, -0.1) is 0 Å². The van der Waals surface area contributed by atoms with Crippen molar-refractivity contribution in [3.05, 3.63) is 87.5 Å². The molecule has 37 heavy (non-hydrogen) atoms. The van der Waals surface area contributed by atoms with Gasteiger partial charge >= 0.3 is 0 Å². The molecule has 1 amide bonds. The van der Waals surface area contributed by atoms with E-state index in [9.17, 15) is 4.79 Å². The molecule has 3 aromatic carbocycles. The van der Waals surface area contributed by atoms with E-state index in [2.05, 4.69) is 35.0 Å². The smallest absolute Gasteiger partial charge is 0.281 e. The van der Waals surface area contributed by atoms with Crippen LogP contribution in [0.25, 0.3) is 6.08 Å². The monoisotopic (exact) mass is 580 g/mol. The number of benzene rings is 3. The van der Waals surface area contributed by atoms with Crippen LogP contribution in [0.2, 0.25) is 0 Å². The fourth-order valence-corrected chi connectivity index (χ4v) is 4.78. The van der Waals surface area contributed by atoms with E-state index in [1.54, 1.807) is 18.0 Å². The van der Waals surface area contributed by atoms with Crippen molar-refractivity contribution in [1.29, 1.82) is 0 Å². The van der Waals surface area contributed by atoms with Crippen LogP contribution in [0.15, 0.2) is 70.8 Å². The summed E-state index contributed by atoms with van der Waals surface area (Å²) in [5.41, 5.74) is 4.19. The largest absolute Gasteiger partial charge is 0.494 e. The SMILES string of the molecule is CCOc1ccc(N2C(=O)/C(=C/c3cc(Br)c(OCc4ccc(C)cc4)c(OCC)c3)N(C)C2=S)cc1. The molecule has 0 aromatic heterocycles. The van der Waals surface area contributed by atoms with Gasteiger partial charge in [-0.25, -0.2) is 0 Å². The fraction of sp³-hybridized carbons (Fsp3) is 0.241. The van der Waals surface area contributed by atoms with E-state index in [1.165, 1.54) is 10.5 Å². The third kappa shape index (κ3) is 5.97. The average Bonchev–Trinajstić information content (AvgIpc) is 3.08. The average molecular weight is 582 g/mol. The lowest BCUT2D eigenvalue weighted by Gasteiger charge is -2.17. The van der Waals surface area contributed by atoms with Crippen molar-refractivity contribution >= 4 is 50.9 Å². The Morgan fingerprint density at radius 1 is 0.946 bits per heavy atom. The minimum atomic E-state index is -0.203. The third-order valence-corrected chi connectivity index (χ3v) is 6.85. The Hall–Kier alpha value is -3.36. The van der Waals surface area contributed by atoms with Crippen molar-refractivity contribution in [2.24, 2.45) is 0 Å². The molecule has 1 aliphatic rings. The molecular formula is C29H29BrN2O4S. The Kier molecular flexibility index (Phi) is 8.51. The van der Waals surface area contributed by atoms with Crippen molar-refractivity contribution in [2.75, 3.05) is 25.2 Å². The van der Waals surface area contributed by atoms with Gasteiger partial charge in [0.05, 0.1) is 23.4 Å². The maximum Gasteiger partial charge on any atom is 0.281 e. The summed E-state index contributed by atoms with van der Waals surface area (Å²) in [6, 6.07) is 19.3.